The first-order valence-corrected chi connectivity index (χ1v) is 7.29. The number of esters is 1. The summed E-state index contributed by atoms with van der Waals surface area (Å²) >= 11 is 0. The highest BCUT2D eigenvalue weighted by Gasteiger charge is 2.56. The van der Waals surface area contributed by atoms with Crippen molar-refractivity contribution in [2.75, 3.05) is 20.3 Å². The highest BCUT2D eigenvalue weighted by atomic mass is 16.5. The maximum atomic E-state index is 12.4. The maximum absolute atomic E-state index is 12.4. The van der Waals surface area contributed by atoms with Crippen LogP contribution >= 0.6 is 0 Å². The Labute approximate surface area is 122 Å². The number of hydrogen-bond donors (Lipinski definition) is 0. The predicted molar refractivity (Wildman–Crippen MR) is 74.2 cm³/mol. The molecule has 0 unspecified atom stereocenters. The lowest BCUT2D eigenvalue weighted by molar-refractivity contribution is -0.143. The summed E-state index contributed by atoms with van der Waals surface area (Å²) in [5, 5.41) is 0. The van der Waals surface area contributed by atoms with E-state index in [1.807, 2.05) is 17.1 Å². The van der Waals surface area contributed by atoms with Crippen molar-refractivity contribution < 1.29 is 19.1 Å². The molecule has 4 rings (SSSR count). The van der Waals surface area contributed by atoms with Crippen LogP contribution in [0.2, 0.25) is 0 Å². The molecule has 1 spiro atoms. The highest BCUT2D eigenvalue weighted by molar-refractivity contribution is 5.96. The Kier molecular flexibility index (Phi) is 2.63. The van der Waals surface area contributed by atoms with Gasteiger partial charge < -0.3 is 14.4 Å². The molecule has 1 fully saturated rings. The number of hydrogen-bond acceptors (Lipinski definition) is 4. The standard InChI is InChI=1S/C16H17NO4/c1-20-12-3-2-11-6-14(18)17-5-4-10-9-21-15(19)7-13(10)16(11,17)8-12/h2-3,6-7,10,12H,4-5,8-9H2,1H3/t10-,12-,16-/m0/s1. The second-order valence-electron chi connectivity index (χ2n) is 6.00. The Balaban J connectivity index is 1.88. The molecular weight excluding hydrogens is 270 g/mol. The van der Waals surface area contributed by atoms with Gasteiger partial charge in [0, 0.05) is 38.1 Å². The molecule has 5 nitrogen and oxygen atoms in total. The molecule has 5 heteroatoms. The molecule has 0 aromatic carbocycles. The average Bonchev–Trinajstić information content (AvgIpc) is 2.79. The predicted octanol–water partition coefficient (Wildman–Crippen LogP) is 0.972. The smallest absolute Gasteiger partial charge is 0.330 e. The van der Waals surface area contributed by atoms with E-state index in [0.717, 1.165) is 17.6 Å². The van der Waals surface area contributed by atoms with Crippen LogP contribution in [0.15, 0.2) is 35.5 Å². The third-order valence-electron chi connectivity index (χ3n) is 5.09. The van der Waals surface area contributed by atoms with Gasteiger partial charge >= 0.3 is 5.97 Å². The molecule has 1 amide bonds. The number of methoxy groups -OCH3 is 1. The fourth-order valence-corrected chi connectivity index (χ4v) is 4.10. The Morgan fingerprint density at radius 3 is 3.05 bits per heavy atom. The highest BCUT2D eigenvalue weighted by Crippen LogP contribution is 2.51. The van der Waals surface area contributed by atoms with Crippen LogP contribution < -0.4 is 0 Å². The topological polar surface area (TPSA) is 55.8 Å². The Hall–Kier alpha value is -1.88. The summed E-state index contributed by atoms with van der Waals surface area (Å²) in [4.78, 5) is 26.0. The van der Waals surface area contributed by atoms with Crippen molar-refractivity contribution in [2.45, 2.75) is 24.5 Å². The van der Waals surface area contributed by atoms with E-state index in [2.05, 4.69) is 0 Å². The molecule has 1 aliphatic carbocycles. The number of piperidine rings is 1. The first-order valence-electron chi connectivity index (χ1n) is 7.29. The lowest BCUT2D eigenvalue weighted by Gasteiger charge is -2.51. The SMILES string of the molecule is CO[C@H]1C=CC2=CC(=O)N3CC[C@H]4COC(=O)C=C4[C@]23C1. The van der Waals surface area contributed by atoms with Gasteiger partial charge in [0.1, 0.15) is 0 Å². The summed E-state index contributed by atoms with van der Waals surface area (Å²) in [7, 11) is 1.67. The molecular formula is C16H17NO4. The molecule has 3 aliphatic heterocycles. The first kappa shape index (κ1) is 12.8. The van der Waals surface area contributed by atoms with E-state index in [1.54, 1.807) is 19.3 Å². The molecule has 0 saturated carbocycles. The van der Waals surface area contributed by atoms with Crippen LogP contribution in [0.1, 0.15) is 12.8 Å². The molecule has 0 N–H and O–H groups in total. The van der Waals surface area contributed by atoms with Gasteiger partial charge in [-0.1, -0.05) is 12.2 Å². The van der Waals surface area contributed by atoms with E-state index >= 15 is 0 Å². The number of ether oxygens (including phenoxy) is 2. The van der Waals surface area contributed by atoms with Crippen LogP contribution in [-0.4, -0.2) is 48.7 Å². The lowest BCUT2D eigenvalue weighted by atomic mass is 9.67. The van der Waals surface area contributed by atoms with Gasteiger partial charge in [0.15, 0.2) is 0 Å². The van der Waals surface area contributed by atoms with Crippen LogP contribution in [0.5, 0.6) is 0 Å². The molecule has 0 radical (unpaired) electrons. The minimum atomic E-state index is -0.505. The number of fused-ring (bicyclic) bond motifs is 1. The van der Waals surface area contributed by atoms with Gasteiger partial charge in [-0.15, -0.1) is 0 Å². The zero-order chi connectivity index (χ0) is 14.6. The Morgan fingerprint density at radius 2 is 2.24 bits per heavy atom. The van der Waals surface area contributed by atoms with Crippen molar-refractivity contribution in [3.05, 3.63) is 35.5 Å². The summed E-state index contributed by atoms with van der Waals surface area (Å²) in [6, 6.07) is 0. The fraction of sp³-hybridized carbons (Fsp3) is 0.500. The third-order valence-corrected chi connectivity index (χ3v) is 5.09. The minimum absolute atomic E-state index is 0.0321. The van der Waals surface area contributed by atoms with Crippen LogP contribution in [0.25, 0.3) is 0 Å². The number of carbonyl (C=O) groups excluding carboxylic acids is 2. The van der Waals surface area contributed by atoms with Crippen molar-refractivity contribution >= 4 is 11.9 Å². The van der Waals surface area contributed by atoms with E-state index in [1.165, 1.54) is 0 Å². The number of cyclic esters (lactones) is 1. The van der Waals surface area contributed by atoms with Crippen LogP contribution in [0, 0.1) is 5.92 Å². The van der Waals surface area contributed by atoms with Crippen LogP contribution in [-0.2, 0) is 19.1 Å². The number of nitrogens with zero attached hydrogens (tertiary/aromatic N) is 1. The summed E-state index contributed by atoms with van der Waals surface area (Å²) in [6.45, 7) is 1.12. The van der Waals surface area contributed by atoms with Crippen molar-refractivity contribution in [1.82, 2.24) is 4.90 Å². The van der Waals surface area contributed by atoms with Gasteiger partial charge in [-0.2, -0.15) is 0 Å². The zero-order valence-corrected chi connectivity index (χ0v) is 11.9. The van der Waals surface area contributed by atoms with Crippen molar-refractivity contribution in [1.29, 1.82) is 0 Å². The number of carbonyl (C=O) groups is 2. The Bertz CT molecular complexity index is 618. The van der Waals surface area contributed by atoms with E-state index in [4.69, 9.17) is 9.47 Å². The molecule has 4 aliphatic rings. The molecule has 0 bridgehead atoms. The van der Waals surface area contributed by atoms with E-state index < -0.39 is 5.54 Å². The van der Waals surface area contributed by atoms with Crippen molar-refractivity contribution in [3.63, 3.8) is 0 Å². The van der Waals surface area contributed by atoms with Crippen molar-refractivity contribution in [3.8, 4) is 0 Å². The lowest BCUT2D eigenvalue weighted by Crippen LogP contribution is -2.58. The summed E-state index contributed by atoms with van der Waals surface area (Å²) in [6.07, 6.45) is 8.72. The van der Waals surface area contributed by atoms with Gasteiger partial charge in [-0.25, -0.2) is 4.79 Å². The van der Waals surface area contributed by atoms with Gasteiger partial charge in [0.25, 0.3) is 0 Å². The van der Waals surface area contributed by atoms with Gasteiger partial charge in [-0.3, -0.25) is 4.79 Å². The summed E-state index contributed by atoms with van der Waals surface area (Å²) in [5.74, 6) is -0.0679. The zero-order valence-electron chi connectivity index (χ0n) is 11.9. The van der Waals surface area contributed by atoms with E-state index in [0.29, 0.717) is 19.6 Å². The van der Waals surface area contributed by atoms with E-state index in [9.17, 15) is 9.59 Å². The second kappa shape index (κ2) is 4.31. The molecule has 21 heavy (non-hydrogen) atoms. The molecule has 110 valence electrons. The molecule has 0 aromatic rings. The van der Waals surface area contributed by atoms with Crippen LogP contribution in [0.4, 0.5) is 0 Å². The molecule has 3 atom stereocenters. The molecule has 1 saturated heterocycles. The van der Waals surface area contributed by atoms with Gasteiger partial charge in [0.05, 0.1) is 18.2 Å². The monoisotopic (exact) mass is 287 g/mol. The fourth-order valence-electron chi connectivity index (χ4n) is 4.10. The van der Waals surface area contributed by atoms with Gasteiger partial charge in [0.2, 0.25) is 5.91 Å². The first-order chi connectivity index (χ1) is 10.1. The van der Waals surface area contributed by atoms with Crippen molar-refractivity contribution in [2.24, 2.45) is 5.92 Å². The number of amides is 1. The average molecular weight is 287 g/mol. The molecule has 0 aromatic heterocycles. The maximum Gasteiger partial charge on any atom is 0.330 e. The molecule has 3 heterocycles. The summed E-state index contributed by atoms with van der Waals surface area (Å²) in [5.41, 5.74) is 1.49. The Morgan fingerprint density at radius 1 is 1.38 bits per heavy atom. The summed E-state index contributed by atoms with van der Waals surface area (Å²) < 4.78 is 10.7. The quantitative estimate of drug-likeness (QED) is 0.674. The largest absolute Gasteiger partial charge is 0.462 e. The number of rotatable bonds is 1. The normalized spacial score (nSPS) is 37.3. The minimum Gasteiger partial charge on any atom is -0.462 e. The van der Waals surface area contributed by atoms with E-state index in [-0.39, 0.29) is 23.9 Å². The second-order valence-corrected chi connectivity index (χ2v) is 6.00. The van der Waals surface area contributed by atoms with Gasteiger partial charge in [-0.05, 0) is 17.6 Å². The van der Waals surface area contributed by atoms with Crippen LogP contribution in [0.3, 0.4) is 0 Å². The third kappa shape index (κ3) is 1.61.